The summed E-state index contributed by atoms with van der Waals surface area (Å²) in [6.07, 6.45) is 0.330. The third-order valence-electron chi connectivity index (χ3n) is 3.57. The number of carbonyl (C=O) groups is 1. The van der Waals surface area contributed by atoms with Gasteiger partial charge in [0.15, 0.2) is 0 Å². The van der Waals surface area contributed by atoms with Crippen LogP contribution in [0.2, 0.25) is 5.02 Å². The van der Waals surface area contributed by atoms with Gasteiger partial charge in [0.1, 0.15) is 5.82 Å². The van der Waals surface area contributed by atoms with Gasteiger partial charge in [-0.3, -0.25) is 4.79 Å². The average molecular weight is 305 g/mol. The number of hydrogen-bond acceptors (Lipinski definition) is 2. The van der Waals surface area contributed by atoms with Gasteiger partial charge in [-0.15, -0.1) is 0 Å². The first-order valence-electron chi connectivity index (χ1n) is 6.71. The molecule has 5 heteroatoms. The van der Waals surface area contributed by atoms with Gasteiger partial charge in [-0.1, -0.05) is 29.8 Å². The van der Waals surface area contributed by atoms with Crippen molar-refractivity contribution in [3.8, 4) is 0 Å². The van der Waals surface area contributed by atoms with Crippen molar-refractivity contribution in [2.24, 2.45) is 0 Å². The molecule has 2 N–H and O–H groups in total. The summed E-state index contributed by atoms with van der Waals surface area (Å²) in [6.45, 7) is 0.726. The highest BCUT2D eigenvalue weighted by molar-refractivity contribution is 6.33. The average Bonchev–Trinajstić information content (AvgIpc) is 2.86. The summed E-state index contributed by atoms with van der Waals surface area (Å²) in [5.74, 6) is -0.484. The molecule has 2 aromatic carbocycles. The molecule has 0 spiro atoms. The summed E-state index contributed by atoms with van der Waals surface area (Å²) in [6, 6.07) is 11.8. The molecule has 2 aromatic rings. The fourth-order valence-electron chi connectivity index (χ4n) is 2.56. The molecule has 1 atom stereocenters. The summed E-state index contributed by atoms with van der Waals surface area (Å²) < 4.78 is 13.2. The highest BCUT2D eigenvalue weighted by atomic mass is 35.5. The first kappa shape index (κ1) is 13.9. The van der Waals surface area contributed by atoms with Crippen molar-refractivity contribution in [2.75, 3.05) is 17.2 Å². The van der Waals surface area contributed by atoms with Crippen LogP contribution < -0.4 is 10.6 Å². The standard InChI is InChI=1S/C16H14ClFN2O/c17-13-6-5-11(18)8-15(13)20-16(21)7-10-9-19-14-4-2-1-3-12(10)14/h1-6,8,10,19H,7,9H2,(H,20,21). The van der Waals surface area contributed by atoms with Gasteiger partial charge >= 0.3 is 0 Å². The zero-order valence-electron chi connectivity index (χ0n) is 11.2. The Bertz CT molecular complexity index is 690. The molecule has 0 saturated carbocycles. The molecular formula is C16H14ClFN2O. The Balaban J connectivity index is 1.69. The van der Waals surface area contributed by atoms with Crippen molar-refractivity contribution in [2.45, 2.75) is 12.3 Å². The molecule has 1 amide bonds. The van der Waals surface area contributed by atoms with Crippen LogP contribution in [0.15, 0.2) is 42.5 Å². The number of anilines is 2. The number of nitrogens with one attached hydrogen (secondary N) is 2. The monoisotopic (exact) mass is 304 g/mol. The van der Waals surface area contributed by atoms with Crippen LogP contribution in [0.5, 0.6) is 0 Å². The largest absolute Gasteiger partial charge is 0.384 e. The number of amides is 1. The fourth-order valence-corrected chi connectivity index (χ4v) is 2.72. The molecule has 0 bridgehead atoms. The van der Waals surface area contributed by atoms with E-state index in [2.05, 4.69) is 10.6 Å². The molecule has 3 rings (SSSR count). The van der Waals surface area contributed by atoms with Gasteiger partial charge in [0.2, 0.25) is 5.91 Å². The van der Waals surface area contributed by atoms with Gasteiger partial charge in [0.25, 0.3) is 0 Å². The fraction of sp³-hybridized carbons (Fsp3) is 0.188. The van der Waals surface area contributed by atoms with Crippen molar-refractivity contribution >= 4 is 28.9 Å². The third-order valence-corrected chi connectivity index (χ3v) is 3.90. The van der Waals surface area contributed by atoms with Gasteiger partial charge < -0.3 is 10.6 Å². The number of benzene rings is 2. The van der Waals surface area contributed by atoms with Crippen LogP contribution in [0.4, 0.5) is 15.8 Å². The van der Waals surface area contributed by atoms with E-state index in [1.807, 2.05) is 24.3 Å². The summed E-state index contributed by atoms with van der Waals surface area (Å²) >= 11 is 5.94. The zero-order valence-corrected chi connectivity index (χ0v) is 12.0. The lowest BCUT2D eigenvalue weighted by atomic mass is 9.97. The smallest absolute Gasteiger partial charge is 0.225 e. The SMILES string of the molecule is O=C(CC1CNc2ccccc21)Nc1cc(F)ccc1Cl. The van der Waals surface area contributed by atoms with Crippen LogP contribution in [-0.4, -0.2) is 12.5 Å². The molecule has 1 aliphatic rings. The van der Waals surface area contributed by atoms with Gasteiger partial charge in [-0.25, -0.2) is 4.39 Å². The lowest BCUT2D eigenvalue weighted by molar-refractivity contribution is -0.116. The Morgan fingerprint density at radius 2 is 2.14 bits per heavy atom. The van der Waals surface area contributed by atoms with E-state index in [0.29, 0.717) is 17.1 Å². The van der Waals surface area contributed by atoms with Gasteiger partial charge in [-0.05, 0) is 29.8 Å². The first-order valence-corrected chi connectivity index (χ1v) is 7.09. The Kier molecular flexibility index (Phi) is 3.80. The molecule has 1 aliphatic heterocycles. The van der Waals surface area contributed by atoms with E-state index in [9.17, 15) is 9.18 Å². The Morgan fingerprint density at radius 1 is 1.33 bits per heavy atom. The van der Waals surface area contributed by atoms with Crippen molar-refractivity contribution in [3.05, 3.63) is 58.9 Å². The van der Waals surface area contributed by atoms with E-state index in [1.54, 1.807) is 0 Å². The summed E-state index contributed by atoms with van der Waals surface area (Å²) in [5, 5.41) is 6.27. The number of carbonyl (C=O) groups excluding carboxylic acids is 1. The Hall–Kier alpha value is -2.07. The molecule has 1 heterocycles. The summed E-state index contributed by atoms with van der Waals surface area (Å²) in [7, 11) is 0. The normalized spacial score (nSPS) is 16.2. The van der Waals surface area contributed by atoms with Crippen molar-refractivity contribution in [3.63, 3.8) is 0 Å². The predicted octanol–water partition coefficient (Wildman–Crippen LogP) is 4.02. The zero-order chi connectivity index (χ0) is 14.8. The molecule has 1 unspecified atom stereocenters. The van der Waals surface area contributed by atoms with Crippen LogP contribution in [0.3, 0.4) is 0 Å². The highest BCUT2D eigenvalue weighted by Crippen LogP contribution is 2.33. The number of hydrogen-bond donors (Lipinski definition) is 2. The minimum absolute atomic E-state index is 0.119. The van der Waals surface area contributed by atoms with Crippen LogP contribution in [0.25, 0.3) is 0 Å². The predicted molar refractivity (Wildman–Crippen MR) is 82.3 cm³/mol. The topological polar surface area (TPSA) is 41.1 Å². The molecule has 108 valence electrons. The molecule has 0 radical (unpaired) electrons. The van der Waals surface area contributed by atoms with Gasteiger partial charge in [-0.2, -0.15) is 0 Å². The van der Waals surface area contributed by atoms with Crippen molar-refractivity contribution in [1.29, 1.82) is 0 Å². The lowest BCUT2D eigenvalue weighted by Crippen LogP contribution is -2.17. The number of fused-ring (bicyclic) bond motifs is 1. The summed E-state index contributed by atoms with van der Waals surface area (Å²) in [4.78, 5) is 12.1. The van der Waals surface area contributed by atoms with Gasteiger partial charge in [0, 0.05) is 24.6 Å². The third kappa shape index (κ3) is 3.00. The number of rotatable bonds is 3. The lowest BCUT2D eigenvalue weighted by Gasteiger charge is -2.11. The van der Waals surface area contributed by atoms with E-state index >= 15 is 0 Å². The van der Waals surface area contributed by atoms with E-state index < -0.39 is 5.82 Å². The minimum atomic E-state index is -0.428. The van der Waals surface area contributed by atoms with E-state index in [1.165, 1.54) is 18.2 Å². The van der Waals surface area contributed by atoms with Crippen molar-refractivity contribution in [1.82, 2.24) is 0 Å². The second kappa shape index (κ2) is 5.74. The second-order valence-electron chi connectivity index (χ2n) is 5.04. The quantitative estimate of drug-likeness (QED) is 0.899. The second-order valence-corrected chi connectivity index (χ2v) is 5.45. The van der Waals surface area contributed by atoms with Crippen LogP contribution in [-0.2, 0) is 4.79 Å². The molecular weight excluding hydrogens is 291 g/mol. The minimum Gasteiger partial charge on any atom is -0.384 e. The molecule has 0 saturated heterocycles. The molecule has 3 nitrogen and oxygen atoms in total. The number of para-hydroxylation sites is 1. The van der Waals surface area contributed by atoms with Crippen LogP contribution >= 0.6 is 11.6 Å². The highest BCUT2D eigenvalue weighted by Gasteiger charge is 2.24. The van der Waals surface area contributed by atoms with E-state index in [0.717, 1.165) is 17.8 Å². The van der Waals surface area contributed by atoms with E-state index in [-0.39, 0.29) is 11.8 Å². The van der Waals surface area contributed by atoms with Crippen molar-refractivity contribution < 1.29 is 9.18 Å². The molecule has 21 heavy (non-hydrogen) atoms. The van der Waals surface area contributed by atoms with Crippen LogP contribution in [0.1, 0.15) is 17.9 Å². The van der Waals surface area contributed by atoms with Crippen LogP contribution in [0, 0.1) is 5.82 Å². The summed E-state index contributed by atoms with van der Waals surface area (Å²) in [5.41, 5.74) is 2.51. The van der Waals surface area contributed by atoms with Gasteiger partial charge in [0.05, 0.1) is 10.7 Å². The maximum atomic E-state index is 13.2. The van der Waals surface area contributed by atoms with E-state index in [4.69, 9.17) is 11.6 Å². The molecule has 0 fully saturated rings. The maximum absolute atomic E-state index is 13.2. The molecule has 0 aromatic heterocycles. The first-order chi connectivity index (χ1) is 10.1. The Labute approximate surface area is 127 Å². The number of halogens is 2. The molecule has 0 aliphatic carbocycles. The Morgan fingerprint density at radius 3 is 3.00 bits per heavy atom. The maximum Gasteiger partial charge on any atom is 0.225 e.